The molecule has 0 atom stereocenters. The predicted octanol–water partition coefficient (Wildman–Crippen LogP) is 3.74. The lowest BCUT2D eigenvalue weighted by atomic mass is 9.86. The van der Waals surface area contributed by atoms with E-state index in [1.807, 2.05) is 24.3 Å². The molecule has 0 saturated heterocycles. The van der Waals surface area contributed by atoms with Gasteiger partial charge in [0.05, 0.1) is 0 Å². The highest BCUT2D eigenvalue weighted by Gasteiger charge is 2.21. The molecular weight excluding hydrogens is 264 g/mol. The van der Waals surface area contributed by atoms with E-state index in [2.05, 4.69) is 0 Å². The second kappa shape index (κ2) is 7.96. The number of aryl methyl sites for hydroxylation is 1. The Balaban J connectivity index is 1.77. The van der Waals surface area contributed by atoms with Crippen LogP contribution in [0.25, 0.3) is 0 Å². The highest BCUT2D eigenvalue weighted by Crippen LogP contribution is 2.24. The summed E-state index contributed by atoms with van der Waals surface area (Å²) in [6.45, 7) is 1.78. The molecule has 1 saturated carbocycles. The fourth-order valence-corrected chi connectivity index (χ4v) is 2.77. The molecule has 0 heterocycles. The molecule has 0 aromatic heterocycles. The van der Waals surface area contributed by atoms with Gasteiger partial charge in [-0.25, -0.2) is 0 Å². The third-order valence-corrected chi connectivity index (χ3v) is 4.13. The molecule has 0 bridgehead atoms. The number of carbonyl (C=O) groups is 2. The van der Waals surface area contributed by atoms with Gasteiger partial charge >= 0.3 is 0 Å². The molecule has 1 fully saturated rings. The molecule has 1 aromatic carbocycles. The van der Waals surface area contributed by atoms with Crippen LogP contribution in [0.2, 0.25) is 0 Å². The lowest BCUT2D eigenvalue weighted by Crippen LogP contribution is -2.23. The minimum atomic E-state index is 0.178. The number of rotatable bonds is 7. The van der Waals surface area contributed by atoms with Crippen LogP contribution in [0.1, 0.15) is 51.0 Å². The molecule has 21 heavy (non-hydrogen) atoms. The molecule has 0 N–H and O–H groups in total. The second-order valence-corrected chi connectivity index (χ2v) is 5.94. The third-order valence-electron chi connectivity index (χ3n) is 4.13. The summed E-state index contributed by atoms with van der Waals surface area (Å²) >= 11 is 0. The van der Waals surface area contributed by atoms with Crippen LogP contribution in [0.5, 0.6) is 5.75 Å². The van der Waals surface area contributed by atoms with E-state index in [1.165, 1.54) is 19.3 Å². The van der Waals surface area contributed by atoms with E-state index in [4.69, 9.17) is 4.74 Å². The van der Waals surface area contributed by atoms with Crippen LogP contribution in [0.15, 0.2) is 24.3 Å². The van der Waals surface area contributed by atoms with Crippen molar-refractivity contribution in [1.29, 1.82) is 0 Å². The van der Waals surface area contributed by atoms with E-state index in [1.54, 1.807) is 6.92 Å². The highest BCUT2D eigenvalue weighted by molar-refractivity contribution is 5.82. The summed E-state index contributed by atoms with van der Waals surface area (Å²) in [5.41, 5.74) is 1.12. The van der Waals surface area contributed by atoms with Crippen molar-refractivity contribution in [3.05, 3.63) is 29.8 Å². The van der Waals surface area contributed by atoms with Gasteiger partial charge in [-0.3, -0.25) is 4.79 Å². The van der Waals surface area contributed by atoms with Crippen LogP contribution >= 0.6 is 0 Å². The van der Waals surface area contributed by atoms with Gasteiger partial charge in [-0.05, 0) is 43.9 Å². The summed E-state index contributed by atoms with van der Waals surface area (Å²) in [4.78, 5) is 23.0. The topological polar surface area (TPSA) is 43.4 Å². The van der Waals surface area contributed by atoms with E-state index in [9.17, 15) is 9.59 Å². The molecule has 2 rings (SSSR count). The lowest BCUT2D eigenvalue weighted by Gasteiger charge is -2.20. The molecule has 0 spiro atoms. The third kappa shape index (κ3) is 5.33. The van der Waals surface area contributed by atoms with Crippen molar-refractivity contribution in [1.82, 2.24) is 0 Å². The molecule has 3 heteroatoms. The van der Waals surface area contributed by atoms with Crippen molar-refractivity contribution in [2.75, 3.05) is 6.61 Å². The summed E-state index contributed by atoms with van der Waals surface area (Å²) < 4.78 is 5.59. The highest BCUT2D eigenvalue weighted by atomic mass is 16.5. The fraction of sp³-hybridized carbons (Fsp3) is 0.556. The van der Waals surface area contributed by atoms with Gasteiger partial charge in [0.25, 0.3) is 0 Å². The van der Waals surface area contributed by atoms with E-state index >= 15 is 0 Å². The first-order valence-electron chi connectivity index (χ1n) is 7.89. The van der Waals surface area contributed by atoms with Gasteiger partial charge in [0.1, 0.15) is 18.1 Å². The fourth-order valence-electron chi connectivity index (χ4n) is 2.77. The normalized spacial score (nSPS) is 15.7. The lowest BCUT2D eigenvalue weighted by molar-refractivity contribution is -0.125. The SMILES string of the molecule is CC(=O)CCc1ccc(OCC(=O)C2CCCCC2)cc1. The minimum absolute atomic E-state index is 0.178. The first-order valence-corrected chi connectivity index (χ1v) is 7.89. The maximum Gasteiger partial charge on any atom is 0.173 e. The molecule has 0 unspecified atom stereocenters. The molecule has 0 aliphatic heterocycles. The number of Topliss-reactive ketones (excluding diaryl/α,β-unsaturated/α-hetero) is 2. The molecule has 1 aromatic rings. The van der Waals surface area contributed by atoms with Crippen LogP contribution in [0, 0.1) is 5.92 Å². The predicted molar refractivity (Wildman–Crippen MR) is 82.5 cm³/mol. The van der Waals surface area contributed by atoms with E-state index in [-0.39, 0.29) is 24.1 Å². The zero-order valence-corrected chi connectivity index (χ0v) is 12.8. The smallest absolute Gasteiger partial charge is 0.173 e. The van der Waals surface area contributed by atoms with E-state index in [0.29, 0.717) is 6.42 Å². The number of carbonyl (C=O) groups excluding carboxylic acids is 2. The Morgan fingerprint density at radius 3 is 2.38 bits per heavy atom. The van der Waals surface area contributed by atoms with Crippen molar-refractivity contribution < 1.29 is 14.3 Å². The molecule has 1 aliphatic rings. The van der Waals surface area contributed by atoms with E-state index in [0.717, 1.165) is 30.6 Å². The molecule has 1 aliphatic carbocycles. The van der Waals surface area contributed by atoms with Gasteiger partial charge in [-0.2, -0.15) is 0 Å². The summed E-state index contributed by atoms with van der Waals surface area (Å²) in [7, 11) is 0. The van der Waals surface area contributed by atoms with Gasteiger partial charge in [0, 0.05) is 12.3 Å². The zero-order valence-electron chi connectivity index (χ0n) is 12.8. The van der Waals surface area contributed by atoms with Crippen LogP contribution in [0.4, 0.5) is 0 Å². The van der Waals surface area contributed by atoms with Gasteiger partial charge in [-0.1, -0.05) is 31.4 Å². The molecule has 3 nitrogen and oxygen atoms in total. The Morgan fingerprint density at radius 1 is 1.10 bits per heavy atom. The summed E-state index contributed by atoms with van der Waals surface area (Å²) in [6.07, 6.45) is 6.96. The van der Waals surface area contributed by atoms with E-state index < -0.39 is 0 Å². The minimum Gasteiger partial charge on any atom is -0.486 e. The van der Waals surface area contributed by atoms with Gasteiger partial charge in [0.15, 0.2) is 5.78 Å². The van der Waals surface area contributed by atoms with Crippen LogP contribution in [-0.4, -0.2) is 18.2 Å². The van der Waals surface area contributed by atoms with Crippen LogP contribution in [-0.2, 0) is 16.0 Å². The van der Waals surface area contributed by atoms with Crippen molar-refractivity contribution in [3.8, 4) is 5.75 Å². The summed E-state index contributed by atoms with van der Waals surface area (Å²) in [6, 6.07) is 7.68. The van der Waals surface area contributed by atoms with Gasteiger partial charge < -0.3 is 9.53 Å². The Hall–Kier alpha value is -1.64. The average molecular weight is 288 g/mol. The quantitative estimate of drug-likeness (QED) is 0.767. The Labute approximate surface area is 126 Å². The maximum absolute atomic E-state index is 12.1. The number of ether oxygens (including phenoxy) is 1. The largest absolute Gasteiger partial charge is 0.486 e. The van der Waals surface area contributed by atoms with Crippen LogP contribution < -0.4 is 4.74 Å². The number of ketones is 2. The zero-order chi connectivity index (χ0) is 15.1. The monoisotopic (exact) mass is 288 g/mol. The standard InChI is InChI=1S/C18H24O3/c1-14(19)7-8-15-9-11-17(12-10-15)21-13-18(20)16-5-3-2-4-6-16/h9-12,16H,2-8,13H2,1H3. The first-order chi connectivity index (χ1) is 10.1. The average Bonchev–Trinajstić information content (AvgIpc) is 2.52. The Bertz CT molecular complexity index is 470. The van der Waals surface area contributed by atoms with Crippen molar-refractivity contribution in [2.45, 2.75) is 51.9 Å². The van der Waals surface area contributed by atoms with Gasteiger partial charge in [-0.15, -0.1) is 0 Å². The number of hydrogen-bond acceptors (Lipinski definition) is 3. The van der Waals surface area contributed by atoms with Gasteiger partial charge in [0.2, 0.25) is 0 Å². The molecular formula is C18H24O3. The first kappa shape index (κ1) is 15.7. The van der Waals surface area contributed by atoms with Crippen molar-refractivity contribution >= 4 is 11.6 Å². The molecule has 0 amide bonds. The maximum atomic E-state index is 12.1. The molecule has 0 radical (unpaired) electrons. The van der Waals surface area contributed by atoms with Crippen LogP contribution in [0.3, 0.4) is 0 Å². The summed E-state index contributed by atoms with van der Waals surface area (Å²) in [5.74, 6) is 1.36. The van der Waals surface area contributed by atoms with Crippen molar-refractivity contribution in [2.24, 2.45) is 5.92 Å². The summed E-state index contributed by atoms with van der Waals surface area (Å²) in [5, 5.41) is 0. The Kier molecular flexibility index (Phi) is 5.97. The second-order valence-electron chi connectivity index (χ2n) is 5.94. The number of hydrogen-bond donors (Lipinski definition) is 0. The van der Waals surface area contributed by atoms with Crippen molar-refractivity contribution in [3.63, 3.8) is 0 Å². The number of benzene rings is 1. The Morgan fingerprint density at radius 2 is 1.76 bits per heavy atom. The molecule has 114 valence electrons.